The summed E-state index contributed by atoms with van der Waals surface area (Å²) in [5.41, 5.74) is 0.352. The van der Waals surface area contributed by atoms with E-state index in [0.717, 1.165) is 0 Å². The molecule has 6 nitrogen and oxygen atoms in total. The second-order valence-electron chi connectivity index (χ2n) is 5.28. The number of aromatic amines is 1. The van der Waals surface area contributed by atoms with Gasteiger partial charge in [-0.2, -0.15) is 5.10 Å². The van der Waals surface area contributed by atoms with Crippen LogP contribution in [0.2, 0.25) is 0 Å². The highest BCUT2D eigenvalue weighted by Crippen LogP contribution is 2.24. The number of carboxylic acids is 1. The molecule has 0 aliphatic carbocycles. The average molecular weight is 249 g/mol. The highest BCUT2D eigenvalue weighted by molar-refractivity contribution is 6.01. The fourth-order valence-electron chi connectivity index (χ4n) is 1.96. The number of nitrogens with one attached hydrogen (secondary N) is 1. The van der Waals surface area contributed by atoms with Gasteiger partial charge in [-0.05, 0) is 33.3 Å². The molecule has 18 heavy (non-hydrogen) atoms. The molecule has 0 amide bonds. The Morgan fingerprint density at radius 2 is 2.06 bits per heavy atom. The number of pyridine rings is 1. The van der Waals surface area contributed by atoms with Crippen molar-refractivity contribution in [1.82, 2.24) is 14.8 Å². The van der Waals surface area contributed by atoms with Gasteiger partial charge >= 0.3 is 5.97 Å². The third-order valence-corrected chi connectivity index (χ3v) is 2.71. The third kappa shape index (κ3) is 1.79. The van der Waals surface area contributed by atoms with E-state index in [9.17, 15) is 14.7 Å². The Kier molecular flexibility index (Phi) is 2.53. The van der Waals surface area contributed by atoms with E-state index < -0.39 is 11.5 Å². The van der Waals surface area contributed by atoms with Crippen LogP contribution in [0.15, 0.2) is 10.9 Å². The van der Waals surface area contributed by atoms with Crippen LogP contribution in [0.1, 0.15) is 36.8 Å². The lowest BCUT2D eigenvalue weighted by atomic mass is 10.1. The molecule has 2 rings (SSSR count). The molecular weight excluding hydrogens is 234 g/mol. The minimum atomic E-state index is -1.10. The van der Waals surface area contributed by atoms with E-state index in [2.05, 4.69) is 10.1 Å². The van der Waals surface area contributed by atoms with Gasteiger partial charge in [0.15, 0.2) is 5.69 Å². The topological polar surface area (TPSA) is 88.0 Å². The number of carboxylic acid groups (broad SMARTS) is 1. The summed E-state index contributed by atoms with van der Waals surface area (Å²) < 4.78 is 1.54. The Morgan fingerprint density at radius 3 is 2.56 bits per heavy atom. The highest BCUT2D eigenvalue weighted by Gasteiger charge is 2.25. The summed E-state index contributed by atoms with van der Waals surface area (Å²) in [6.45, 7) is 7.39. The molecule has 0 fully saturated rings. The zero-order valence-electron chi connectivity index (χ0n) is 10.7. The summed E-state index contributed by atoms with van der Waals surface area (Å²) in [5, 5.41) is 13.8. The van der Waals surface area contributed by atoms with Gasteiger partial charge in [-0.3, -0.25) is 4.79 Å². The molecule has 0 aliphatic heterocycles. The summed E-state index contributed by atoms with van der Waals surface area (Å²) in [6.07, 6.45) is 0. The first-order valence-corrected chi connectivity index (χ1v) is 5.58. The van der Waals surface area contributed by atoms with Gasteiger partial charge in [-0.15, -0.1) is 0 Å². The Balaban J connectivity index is 2.99. The number of nitrogens with zero attached hydrogens (tertiary/aromatic N) is 2. The van der Waals surface area contributed by atoms with Crippen molar-refractivity contribution in [3.63, 3.8) is 0 Å². The summed E-state index contributed by atoms with van der Waals surface area (Å²) in [6, 6.07) is 1.38. The molecular formula is C12H15N3O3. The van der Waals surface area contributed by atoms with Crippen LogP contribution in [0.5, 0.6) is 0 Å². The van der Waals surface area contributed by atoms with Gasteiger partial charge in [-0.1, -0.05) is 0 Å². The second-order valence-corrected chi connectivity index (χ2v) is 5.28. The minimum absolute atomic E-state index is 0.0336. The number of hydrogen-bond acceptors (Lipinski definition) is 3. The van der Waals surface area contributed by atoms with Gasteiger partial charge in [0.2, 0.25) is 5.56 Å². The molecule has 0 saturated carbocycles. The average Bonchev–Trinajstić information content (AvgIpc) is 2.55. The van der Waals surface area contributed by atoms with Crippen molar-refractivity contribution >= 4 is 17.0 Å². The number of hydrogen-bond donors (Lipinski definition) is 2. The molecule has 0 aliphatic rings. The molecule has 0 aromatic carbocycles. The molecule has 0 radical (unpaired) electrons. The van der Waals surface area contributed by atoms with Gasteiger partial charge < -0.3 is 10.1 Å². The van der Waals surface area contributed by atoms with E-state index >= 15 is 0 Å². The number of aromatic carboxylic acids is 1. The van der Waals surface area contributed by atoms with Crippen LogP contribution in [0.3, 0.4) is 0 Å². The fourth-order valence-corrected chi connectivity index (χ4v) is 1.96. The number of carbonyl (C=O) groups is 1. The molecule has 0 spiro atoms. The molecule has 0 bridgehead atoms. The van der Waals surface area contributed by atoms with E-state index in [1.807, 2.05) is 20.8 Å². The molecule has 0 saturated heterocycles. The first kappa shape index (κ1) is 12.3. The van der Waals surface area contributed by atoms with Gasteiger partial charge in [0.05, 0.1) is 10.9 Å². The SMILES string of the molecule is Cc1cc(=O)[nH]c2c1c(C(=O)O)nn2C(C)(C)C. The van der Waals surface area contributed by atoms with E-state index in [4.69, 9.17) is 0 Å². The molecule has 2 heterocycles. The van der Waals surface area contributed by atoms with E-state index in [0.29, 0.717) is 16.6 Å². The lowest BCUT2D eigenvalue weighted by molar-refractivity contribution is 0.0690. The standard InChI is InChI=1S/C12H15N3O3/c1-6-5-7(16)13-10-8(6)9(11(17)18)14-15(10)12(2,3)4/h5H,1-4H3,(H,13,16)(H,17,18). The molecule has 0 unspecified atom stereocenters. The molecule has 0 atom stereocenters. The van der Waals surface area contributed by atoms with Crippen LogP contribution >= 0.6 is 0 Å². The Labute approximate surface area is 103 Å². The monoisotopic (exact) mass is 249 g/mol. The van der Waals surface area contributed by atoms with Crippen LogP contribution < -0.4 is 5.56 Å². The van der Waals surface area contributed by atoms with Crippen LogP contribution in [-0.2, 0) is 5.54 Å². The van der Waals surface area contributed by atoms with Gasteiger partial charge in [0, 0.05) is 6.07 Å². The van der Waals surface area contributed by atoms with Gasteiger partial charge in [0.25, 0.3) is 0 Å². The zero-order valence-corrected chi connectivity index (χ0v) is 10.7. The molecule has 2 aromatic heterocycles. The predicted octanol–water partition coefficient (Wildman–Crippen LogP) is 1.49. The Bertz CT molecular complexity index is 689. The predicted molar refractivity (Wildman–Crippen MR) is 67.0 cm³/mol. The lowest BCUT2D eigenvalue weighted by Crippen LogP contribution is -2.24. The lowest BCUT2D eigenvalue weighted by Gasteiger charge is -2.19. The van der Waals surface area contributed by atoms with E-state index in [1.165, 1.54) is 6.07 Å². The van der Waals surface area contributed by atoms with Gasteiger partial charge in [0.1, 0.15) is 5.65 Å². The van der Waals surface area contributed by atoms with E-state index in [1.54, 1.807) is 11.6 Å². The number of aromatic nitrogens is 3. The summed E-state index contributed by atoms with van der Waals surface area (Å²) >= 11 is 0. The largest absolute Gasteiger partial charge is 0.476 e. The maximum Gasteiger partial charge on any atom is 0.357 e. The van der Waals surface area contributed by atoms with Crippen LogP contribution in [0.25, 0.3) is 11.0 Å². The number of H-pyrrole nitrogens is 1. The second kappa shape index (κ2) is 3.69. The van der Waals surface area contributed by atoms with E-state index in [-0.39, 0.29) is 11.3 Å². The maximum atomic E-state index is 11.5. The van der Waals surface area contributed by atoms with Crippen LogP contribution in [0, 0.1) is 6.92 Å². The van der Waals surface area contributed by atoms with Crippen molar-refractivity contribution < 1.29 is 9.90 Å². The van der Waals surface area contributed by atoms with Crippen LogP contribution in [-0.4, -0.2) is 25.8 Å². The van der Waals surface area contributed by atoms with Crippen molar-refractivity contribution in [2.24, 2.45) is 0 Å². The number of rotatable bonds is 1. The molecule has 2 aromatic rings. The third-order valence-electron chi connectivity index (χ3n) is 2.71. The summed E-state index contributed by atoms with van der Waals surface area (Å²) in [4.78, 5) is 25.4. The highest BCUT2D eigenvalue weighted by atomic mass is 16.4. The first-order chi connectivity index (χ1) is 8.21. The van der Waals surface area contributed by atoms with Crippen LogP contribution in [0.4, 0.5) is 0 Å². The van der Waals surface area contributed by atoms with Crippen molar-refractivity contribution in [2.45, 2.75) is 33.2 Å². The summed E-state index contributed by atoms with van der Waals surface area (Å²) in [5.74, 6) is -1.10. The Hall–Kier alpha value is -2.11. The molecule has 2 N–H and O–H groups in total. The van der Waals surface area contributed by atoms with Crippen molar-refractivity contribution in [3.8, 4) is 0 Å². The van der Waals surface area contributed by atoms with Crippen molar-refractivity contribution in [3.05, 3.63) is 27.7 Å². The van der Waals surface area contributed by atoms with Crippen molar-refractivity contribution in [2.75, 3.05) is 0 Å². The number of aryl methyl sites for hydroxylation is 1. The Morgan fingerprint density at radius 1 is 1.44 bits per heavy atom. The van der Waals surface area contributed by atoms with Crippen molar-refractivity contribution in [1.29, 1.82) is 0 Å². The first-order valence-electron chi connectivity index (χ1n) is 5.58. The zero-order chi connectivity index (χ0) is 13.7. The quantitative estimate of drug-likeness (QED) is 0.801. The normalized spacial score (nSPS) is 12.0. The smallest absolute Gasteiger partial charge is 0.357 e. The minimum Gasteiger partial charge on any atom is -0.476 e. The molecule has 6 heteroatoms. The van der Waals surface area contributed by atoms with Gasteiger partial charge in [-0.25, -0.2) is 9.48 Å². The fraction of sp³-hybridized carbons (Fsp3) is 0.417. The maximum absolute atomic E-state index is 11.5. The summed E-state index contributed by atoms with van der Waals surface area (Å²) in [7, 11) is 0. The number of fused-ring (bicyclic) bond motifs is 1. The molecule has 96 valence electrons.